The molecular weight excluding hydrogens is 320 g/mol. The smallest absolute Gasteiger partial charge is 0.0650 e. The molecule has 0 amide bonds. The Hall–Kier alpha value is -0.0900. The minimum absolute atomic E-state index is 0.0700. The fourth-order valence-electron chi connectivity index (χ4n) is 2.29. The van der Waals surface area contributed by atoms with Crippen molar-refractivity contribution in [1.29, 1.82) is 0 Å². The largest absolute Gasteiger partial charge is 0.381 e. The van der Waals surface area contributed by atoms with Gasteiger partial charge in [-0.15, -0.1) is 22.9 Å². The topological polar surface area (TPSA) is 9.23 Å². The lowest BCUT2D eigenvalue weighted by Gasteiger charge is -2.14. The monoisotopic (exact) mass is 330 g/mol. The summed E-state index contributed by atoms with van der Waals surface area (Å²) in [5.74, 6) is 0.452. The standard InChI is InChI=1S/C13H12BrClOS/c14-11-3-1-2-9-10(7-17-13(9)11)12(15)8-4-5-16-6-8/h1-3,7-8,12H,4-6H2. The zero-order valence-electron chi connectivity index (χ0n) is 9.16. The summed E-state index contributed by atoms with van der Waals surface area (Å²) < 4.78 is 7.86. The molecule has 17 heavy (non-hydrogen) atoms. The highest BCUT2D eigenvalue weighted by Gasteiger charge is 2.27. The van der Waals surface area contributed by atoms with E-state index in [-0.39, 0.29) is 5.38 Å². The number of thiophene rings is 1. The van der Waals surface area contributed by atoms with Crippen LogP contribution >= 0.6 is 38.9 Å². The average Bonchev–Trinajstić information content (AvgIpc) is 2.98. The van der Waals surface area contributed by atoms with E-state index in [1.165, 1.54) is 15.6 Å². The second-order valence-corrected chi connectivity index (χ2v) is 6.54. The van der Waals surface area contributed by atoms with Crippen LogP contribution < -0.4 is 0 Å². The summed E-state index contributed by atoms with van der Waals surface area (Å²) in [6.07, 6.45) is 1.07. The molecule has 1 fully saturated rings. The maximum atomic E-state index is 6.60. The van der Waals surface area contributed by atoms with E-state index < -0.39 is 0 Å². The molecule has 0 N–H and O–H groups in total. The van der Waals surface area contributed by atoms with Gasteiger partial charge in [0.1, 0.15) is 0 Å². The second-order valence-electron chi connectivity index (χ2n) is 4.33. The van der Waals surface area contributed by atoms with Gasteiger partial charge in [-0.25, -0.2) is 0 Å². The number of benzene rings is 1. The average molecular weight is 332 g/mol. The van der Waals surface area contributed by atoms with Gasteiger partial charge < -0.3 is 4.74 Å². The fraction of sp³-hybridized carbons (Fsp3) is 0.385. The van der Waals surface area contributed by atoms with Crippen molar-refractivity contribution >= 4 is 49.0 Å². The molecule has 2 unspecified atom stereocenters. The Morgan fingerprint density at radius 3 is 3.12 bits per heavy atom. The zero-order chi connectivity index (χ0) is 11.8. The predicted molar refractivity (Wildman–Crippen MR) is 77.0 cm³/mol. The van der Waals surface area contributed by atoms with Crippen LogP contribution in [0.2, 0.25) is 0 Å². The number of alkyl halides is 1. The third-order valence-corrected chi connectivity index (χ3v) is 5.82. The Morgan fingerprint density at radius 1 is 1.47 bits per heavy atom. The van der Waals surface area contributed by atoms with Crippen molar-refractivity contribution in [3.05, 3.63) is 33.6 Å². The summed E-state index contributed by atoms with van der Waals surface area (Å²) in [5.41, 5.74) is 1.25. The highest BCUT2D eigenvalue weighted by Crippen LogP contribution is 2.42. The predicted octanol–water partition coefficient (Wildman–Crippen LogP) is 4.98. The van der Waals surface area contributed by atoms with Crippen LogP contribution in [0.25, 0.3) is 10.1 Å². The molecule has 0 aliphatic carbocycles. The Kier molecular flexibility index (Phi) is 3.44. The Balaban J connectivity index is 2.02. The first kappa shape index (κ1) is 12.0. The van der Waals surface area contributed by atoms with E-state index in [0.717, 1.165) is 24.1 Å². The van der Waals surface area contributed by atoms with E-state index in [0.29, 0.717) is 5.92 Å². The third kappa shape index (κ3) is 2.14. The van der Waals surface area contributed by atoms with E-state index in [2.05, 4.69) is 39.5 Å². The molecule has 0 saturated carbocycles. The molecular formula is C13H12BrClOS. The van der Waals surface area contributed by atoms with Crippen LogP contribution in [0.3, 0.4) is 0 Å². The maximum Gasteiger partial charge on any atom is 0.0650 e. The lowest BCUT2D eigenvalue weighted by molar-refractivity contribution is 0.185. The van der Waals surface area contributed by atoms with E-state index >= 15 is 0 Å². The Labute approximate surface area is 118 Å². The van der Waals surface area contributed by atoms with Gasteiger partial charge in [0.15, 0.2) is 0 Å². The molecule has 2 atom stereocenters. The van der Waals surface area contributed by atoms with Crippen LogP contribution in [0.4, 0.5) is 0 Å². The molecule has 1 aromatic carbocycles. The van der Waals surface area contributed by atoms with Crippen molar-refractivity contribution in [3.8, 4) is 0 Å². The molecule has 1 saturated heterocycles. The van der Waals surface area contributed by atoms with Crippen LogP contribution in [0, 0.1) is 5.92 Å². The molecule has 0 radical (unpaired) electrons. The number of hydrogen-bond acceptors (Lipinski definition) is 2. The SMILES string of the molecule is ClC(c1csc2c(Br)cccc12)C1CCOC1. The Morgan fingerprint density at radius 2 is 2.35 bits per heavy atom. The van der Waals surface area contributed by atoms with Gasteiger partial charge in [0.2, 0.25) is 0 Å². The van der Waals surface area contributed by atoms with E-state index in [9.17, 15) is 0 Å². The van der Waals surface area contributed by atoms with Crippen molar-refractivity contribution in [3.63, 3.8) is 0 Å². The number of hydrogen-bond donors (Lipinski definition) is 0. The maximum absolute atomic E-state index is 6.60. The van der Waals surface area contributed by atoms with Crippen molar-refractivity contribution in [2.75, 3.05) is 13.2 Å². The van der Waals surface area contributed by atoms with Crippen LogP contribution in [0.15, 0.2) is 28.1 Å². The first-order chi connectivity index (χ1) is 8.27. The van der Waals surface area contributed by atoms with Crippen LogP contribution in [0.1, 0.15) is 17.4 Å². The zero-order valence-corrected chi connectivity index (χ0v) is 12.3. The number of ether oxygens (including phenoxy) is 1. The summed E-state index contributed by atoms with van der Waals surface area (Å²) in [6.45, 7) is 1.64. The van der Waals surface area contributed by atoms with Gasteiger partial charge in [-0.2, -0.15) is 0 Å². The van der Waals surface area contributed by atoms with Crippen LogP contribution in [-0.2, 0) is 4.74 Å². The van der Waals surface area contributed by atoms with Gasteiger partial charge >= 0.3 is 0 Å². The quantitative estimate of drug-likeness (QED) is 0.705. The Bertz CT molecular complexity index is 533. The van der Waals surface area contributed by atoms with Gasteiger partial charge in [-0.1, -0.05) is 12.1 Å². The van der Waals surface area contributed by atoms with Crippen molar-refractivity contribution in [1.82, 2.24) is 0 Å². The summed E-state index contributed by atoms with van der Waals surface area (Å²) >= 11 is 11.9. The summed E-state index contributed by atoms with van der Waals surface area (Å²) in [6, 6.07) is 6.29. The van der Waals surface area contributed by atoms with Gasteiger partial charge in [0.25, 0.3) is 0 Å². The summed E-state index contributed by atoms with van der Waals surface area (Å²) in [7, 11) is 0. The van der Waals surface area contributed by atoms with Gasteiger partial charge in [-0.3, -0.25) is 0 Å². The lowest BCUT2D eigenvalue weighted by Crippen LogP contribution is -2.06. The molecule has 3 rings (SSSR count). The van der Waals surface area contributed by atoms with Gasteiger partial charge in [0, 0.05) is 21.7 Å². The van der Waals surface area contributed by atoms with Crippen LogP contribution in [0.5, 0.6) is 0 Å². The first-order valence-electron chi connectivity index (χ1n) is 5.65. The molecule has 1 aliphatic heterocycles. The highest BCUT2D eigenvalue weighted by molar-refractivity contribution is 9.10. The number of fused-ring (bicyclic) bond motifs is 1. The molecule has 1 nitrogen and oxygen atoms in total. The molecule has 2 heterocycles. The van der Waals surface area contributed by atoms with Crippen molar-refractivity contribution in [2.45, 2.75) is 11.8 Å². The van der Waals surface area contributed by atoms with Crippen molar-refractivity contribution in [2.24, 2.45) is 5.92 Å². The van der Waals surface area contributed by atoms with Gasteiger partial charge in [0.05, 0.1) is 12.0 Å². The van der Waals surface area contributed by atoms with E-state index in [1.54, 1.807) is 11.3 Å². The first-order valence-corrected chi connectivity index (χ1v) is 7.75. The molecule has 0 bridgehead atoms. The van der Waals surface area contributed by atoms with E-state index in [1.807, 2.05) is 0 Å². The number of rotatable bonds is 2. The van der Waals surface area contributed by atoms with Gasteiger partial charge in [-0.05, 0) is 44.7 Å². The summed E-state index contributed by atoms with van der Waals surface area (Å²) in [4.78, 5) is 0. The minimum Gasteiger partial charge on any atom is -0.381 e. The van der Waals surface area contributed by atoms with Crippen LogP contribution in [-0.4, -0.2) is 13.2 Å². The highest BCUT2D eigenvalue weighted by atomic mass is 79.9. The summed E-state index contributed by atoms with van der Waals surface area (Å²) in [5, 5.41) is 3.53. The second kappa shape index (κ2) is 4.88. The third-order valence-electron chi connectivity index (χ3n) is 3.26. The fourth-order valence-corrected chi connectivity index (χ4v) is 4.41. The molecule has 4 heteroatoms. The normalized spacial score (nSPS) is 22.1. The van der Waals surface area contributed by atoms with E-state index in [4.69, 9.17) is 16.3 Å². The van der Waals surface area contributed by atoms with Crippen molar-refractivity contribution < 1.29 is 4.74 Å². The minimum atomic E-state index is 0.0700. The molecule has 90 valence electrons. The molecule has 2 aromatic rings. The molecule has 0 spiro atoms. The molecule has 1 aromatic heterocycles. The molecule has 1 aliphatic rings. The lowest BCUT2D eigenvalue weighted by atomic mass is 9.98. The number of halogens is 2.